The number of hydrogen-bond donors (Lipinski definition) is 1. The van der Waals surface area contributed by atoms with Gasteiger partial charge in [-0.3, -0.25) is 14.6 Å². The second-order valence-electron chi connectivity index (χ2n) is 4.69. The van der Waals surface area contributed by atoms with E-state index in [0.29, 0.717) is 6.54 Å². The Morgan fingerprint density at radius 1 is 1.26 bits per heavy atom. The molecule has 19 heavy (non-hydrogen) atoms. The topological polar surface area (TPSA) is 43.8 Å². The van der Waals surface area contributed by atoms with Gasteiger partial charge in [-0.15, -0.1) is 0 Å². The van der Waals surface area contributed by atoms with E-state index in [2.05, 4.69) is 4.90 Å². The molecule has 6 heteroatoms. The van der Waals surface area contributed by atoms with E-state index in [4.69, 9.17) is 16.7 Å². The Labute approximate surface area is 116 Å². The third-order valence-electron chi connectivity index (χ3n) is 3.21. The van der Waals surface area contributed by atoms with Crippen LogP contribution in [-0.2, 0) is 11.3 Å². The van der Waals surface area contributed by atoms with Gasteiger partial charge in [0.15, 0.2) is 0 Å². The monoisotopic (exact) mass is 286 g/mol. The molecular weight excluding hydrogens is 271 g/mol. The van der Waals surface area contributed by atoms with Crippen molar-refractivity contribution in [3.63, 3.8) is 0 Å². The van der Waals surface area contributed by atoms with E-state index in [0.717, 1.165) is 31.7 Å². The Bertz CT molecular complexity index is 462. The maximum Gasteiger partial charge on any atom is 0.317 e. The lowest BCUT2D eigenvalue weighted by atomic mass is 10.2. The quantitative estimate of drug-likeness (QED) is 0.915. The van der Waals surface area contributed by atoms with Crippen molar-refractivity contribution in [2.24, 2.45) is 0 Å². The minimum Gasteiger partial charge on any atom is -0.480 e. The standard InChI is InChI=1S/C13H16ClFN2O2/c14-11-2-1-10(7-12(11)15)8-16-3-5-17(6-4-16)9-13(18)19/h1-2,7H,3-6,8-9H2,(H,18,19). The van der Waals surface area contributed by atoms with Crippen LogP contribution in [0, 0.1) is 5.82 Å². The van der Waals surface area contributed by atoms with Crippen LogP contribution in [0.15, 0.2) is 18.2 Å². The van der Waals surface area contributed by atoms with Crippen molar-refractivity contribution in [3.8, 4) is 0 Å². The van der Waals surface area contributed by atoms with Crippen LogP contribution in [0.5, 0.6) is 0 Å². The Morgan fingerprint density at radius 2 is 1.89 bits per heavy atom. The van der Waals surface area contributed by atoms with Crippen LogP contribution in [0.1, 0.15) is 5.56 Å². The summed E-state index contributed by atoms with van der Waals surface area (Å²) >= 11 is 5.64. The van der Waals surface area contributed by atoms with E-state index in [9.17, 15) is 9.18 Å². The van der Waals surface area contributed by atoms with E-state index in [1.54, 1.807) is 6.07 Å². The highest BCUT2D eigenvalue weighted by Crippen LogP contribution is 2.17. The minimum absolute atomic E-state index is 0.0867. The van der Waals surface area contributed by atoms with Gasteiger partial charge < -0.3 is 5.11 Å². The Hall–Kier alpha value is -1.17. The zero-order valence-corrected chi connectivity index (χ0v) is 11.2. The number of nitrogens with zero attached hydrogens (tertiary/aromatic N) is 2. The summed E-state index contributed by atoms with van der Waals surface area (Å²) in [5.74, 6) is -1.20. The van der Waals surface area contributed by atoms with Gasteiger partial charge >= 0.3 is 5.97 Å². The normalized spacial score (nSPS) is 17.6. The summed E-state index contributed by atoms with van der Waals surface area (Å²) in [6.45, 7) is 3.78. The van der Waals surface area contributed by atoms with Gasteiger partial charge in [-0.25, -0.2) is 4.39 Å². The first-order valence-corrected chi connectivity index (χ1v) is 6.53. The summed E-state index contributed by atoms with van der Waals surface area (Å²) < 4.78 is 13.3. The molecule has 1 N–H and O–H groups in total. The number of carboxylic acid groups (broad SMARTS) is 1. The number of aliphatic carboxylic acids is 1. The van der Waals surface area contributed by atoms with Crippen LogP contribution in [-0.4, -0.2) is 53.6 Å². The first-order chi connectivity index (χ1) is 9.04. The van der Waals surface area contributed by atoms with Crippen molar-refractivity contribution < 1.29 is 14.3 Å². The van der Waals surface area contributed by atoms with Crippen molar-refractivity contribution in [1.29, 1.82) is 0 Å². The number of rotatable bonds is 4. The van der Waals surface area contributed by atoms with Gasteiger partial charge in [0.05, 0.1) is 11.6 Å². The van der Waals surface area contributed by atoms with E-state index in [-0.39, 0.29) is 11.6 Å². The third kappa shape index (κ3) is 4.16. The highest BCUT2D eigenvalue weighted by Gasteiger charge is 2.18. The molecule has 0 aromatic heterocycles. The predicted molar refractivity (Wildman–Crippen MR) is 70.8 cm³/mol. The maximum absolute atomic E-state index is 13.3. The molecule has 0 unspecified atom stereocenters. The zero-order valence-electron chi connectivity index (χ0n) is 10.5. The fraction of sp³-hybridized carbons (Fsp3) is 0.462. The highest BCUT2D eigenvalue weighted by atomic mass is 35.5. The van der Waals surface area contributed by atoms with Crippen LogP contribution in [0.25, 0.3) is 0 Å². The molecule has 0 bridgehead atoms. The summed E-state index contributed by atoms with van der Waals surface area (Å²) in [5, 5.41) is 8.85. The summed E-state index contributed by atoms with van der Waals surface area (Å²) in [6, 6.07) is 4.83. The van der Waals surface area contributed by atoms with Gasteiger partial charge in [-0.2, -0.15) is 0 Å². The summed E-state index contributed by atoms with van der Waals surface area (Å²) in [5.41, 5.74) is 0.883. The molecule has 1 aromatic carbocycles. The molecule has 0 radical (unpaired) electrons. The van der Waals surface area contributed by atoms with Gasteiger partial charge in [0, 0.05) is 32.7 Å². The predicted octanol–water partition coefficient (Wildman–Crippen LogP) is 1.68. The molecule has 4 nitrogen and oxygen atoms in total. The molecule has 1 saturated heterocycles. The average Bonchev–Trinajstić information content (AvgIpc) is 2.36. The maximum atomic E-state index is 13.3. The van der Waals surface area contributed by atoms with Crippen molar-refractivity contribution in [3.05, 3.63) is 34.6 Å². The minimum atomic E-state index is -0.798. The van der Waals surface area contributed by atoms with E-state index in [1.165, 1.54) is 6.07 Å². The first kappa shape index (κ1) is 14.2. The summed E-state index contributed by atoms with van der Waals surface area (Å²) in [6.07, 6.45) is 0. The van der Waals surface area contributed by atoms with Crippen molar-refractivity contribution in [1.82, 2.24) is 9.80 Å². The molecule has 2 rings (SSSR count). The first-order valence-electron chi connectivity index (χ1n) is 6.15. The molecule has 1 aromatic rings. The number of carboxylic acids is 1. The van der Waals surface area contributed by atoms with Gasteiger partial charge in [-0.1, -0.05) is 17.7 Å². The molecule has 1 aliphatic heterocycles. The second kappa shape index (κ2) is 6.32. The zero-order chi connectivity index (χ0) is 13.8. The molecule has 0 aliphatic carbocycles. The number of hydrogen-bond acceptors (Lipinski definition) is 3. The van der Waals surface area contributed by atoms with Gasteiger partial charge in [0.2, 0.25) is 0 Å². The Balaban J connectivity index is 1.85. The van der Waals surface area contributed by atoms with Gasteiger partial charge in [-0.05, 0) is 17.7 Å². The third-order valence-corrected chi connectivity index (χ3v) is 3.52. The molecule has 1 aliphatic rings. The fourth-order valence-electron chi connectivity index (χ4n) is 2.19. The van der Waals surface area contributed by atoms with Crippen LogP contribution >= 0.6 is 11.6 Å². The van der Waals surface area contributed by atoms with E-state index >= 15 is 0 Å². The van der Waals surface area contributed by atoms with E-state index in [1.807, 2.05) is 11.0 Å². The summed E-state index contributed by atoms with van der Waals surface area (Å²) in [7, 11) is 0. The largest absolute Gasteiger partial charge is 0.480 e. The lowest BCUT2D eigenvalue weighted by Crippen LogP contribution is -2.47. The molecule has 0 saturated carbocycles. The number of piperazine rings is 1. The second-order valence-corrected chi connectivity index (χ2v) is 5.10. The average molecular weight is 287 g/mol. The molecule has 104 valence electrons. The van der Waals surface area contributed by atoms with Crippen LogP contribution in [0.4, 0.5) is 4.39 Å². The molecule has 0 spiro atoms. The highest BCUT2D eigenvalue weighted by molar-refractivity contribution is 6.30. The summed E-state index contributed by atoms with van der Waals surface area (Å²) in [4.78, 5) is 14.7. The van der Waals surface area contributed by atoms with Crippen LogP contribution in [0.3, 0.4) is 0 Å². The van der Waals surface area contributed by atoms with Gasteiger partial charge in [0.25, 0.3) is 0 Å². The molecule has 1 fully saturated rings. The molecule has 0 amide bonds. The van der Waals surface area contributed by atoms with Crippen molar-refractivity contribution in [2.45, 2.75) is 6.54 Å². The fourth-order valence-corrected chi connectivity index (χ4v) is 2.31. The van der Waals surface area contributed by atoms with Crippen molar-refractivity contribution >= 4 is 17.6 Å². The number of carbonyl (C=O) groups is 1. The Kier molecular flexibility index (Phi) is 4.74. The smallest absolute Gasteiger partial charge is 0.317 e. The van der Waals surface area contributed by atoms with Crippen LogP contribution < -0.4 is 0 Å². The SMILES string of the molecule is O=C(O)CN1CCN(Cc2ccc(Cl)c(F)c2)CC1. The van der Waals surface area contributed by atoms with E-state index < -0.39 is 11.8 Å². The lowest BCUT2D eigenvalue weighted by Gasteiger charge is -2.33. The molecule has 1 heterocycles. The Morgan fingerprint density at radius 3 is 2.47 bits per heavy atom. The van der Waals surface area contributed by atoms with Crippen molar-refractivity contribution in [2.75, 3.05) is 32.7 Å². The number of halogens is 2. The molecule has 0 atom stereocenters. The van der Waals surface area contributed by atoms with Crippen LogP contribution in [0.2, 0.25) is 5.02 Å². The molecular formula is C13H16ClFN2O2. The van der Waals surface area contributed by atoms with Gasteiger partial charge in [0.1, 0.15) is 5.82 Å². The number of benzene rings is 1. The lowest BCUT2D eigenvalue weighted by molar-refractivity contribution is -0.138.